The van der Waals surface area contributed by atoms with Gasteiger partial charge in [-0.1, -0.05) is 0 Å². The van der Waals surface area contributed by atoms with Crippen LogP contribution in [0.2, 0.25) is 0 Å². The van der Waals surface area contributed by atoms with E-state index in [0.29, 0.717) is 0 Å². The Morgan fingerprint density at radius 2 is 2.08 bits per heavy atom. The van der Waals surface area contributed by atoms with E-state index in [1.165, 1.54) is 10.6 Å². The van der Waals surface area contributed by atoms with Crippen LogP contribution in [-0.2, 0) is 10.0 Å². The first kappa shape index (κ1) is 9.25. The molecule has 0 radical (unpaired) electrons. The Morgan fingerprint density at radius 1 is 1.50 bits per heavy atom. The van der Waals surface area contributed by atoms with Crippen molar-refractivity contribution in [1.82, 2.24) is 4.31 Å². The van der Waals surface area contributed by atoms with E-state index in [9.17, 15) is 8.42 Å². The van der Waals surface area contributed by atoms with Gasteiger partial charge in [-0.3, -0.25) is 9.30 Å². The summed E-state index contributed by atoms with van der Waals surface area (Å²) in [6, 6.07) is 0. The molecule has 68 valence electrons. The van der Waals surface area contributed by atoms with Crippen LogP contribution in [0.5, 0.6) is 0 Å². The predicted molar refractivity (Wildman–Crippen MR) is 48.4 cm³/mol. The highest BCUT2D eigenvalue weighted by atomic mass is 32.2. The quantitative estimate of drug-likeness (QED) is 0.604. The van der Waals surface area contributed by atoms with Gasteiger partial charge in [0.15, 0.2) is 0 Å². The predicted octanol–water partition coefficient (Wildman–Crippen LogP) is 0.584. The summed E-state index contributed by atoms with van der Waals surface area (Å²) < 4.78 is 23.5. The zero-order valence-corrected chi connectivity index (χ0v) is 8.22. The third kappa shape index (κ3) is 1.85. The van der Waals surface area contributed by atoms with Crippen molar-refractivity contribution in [3.63, 3.8) is 0 Å². The van der Waals surface area contributed by atoms with Gasteiger partial charge in [0.1, 0.15) is 6.67 Å². The topological polar surface area (TPSA) is 49.7 Å². The molecule has 4 nitrogen and oxygen atoms in total. The molecule has 1 aliphatic heterocycles. The van der Waals surface area contributed by atoms with Crippen molar-refractivity contribution in [3.05, 3.63) is 11.8 Å². The Labute approximate surface area is 72.6 Å². The SMILES string of the molecule is CC1=CC(C)=NCN1S(C)(=O)=O. The van der Waals surface area contributed by atoms with Crippen molar-refractivity contribution < 1.29 is 8.42 Å². The molecular formula is C7H12N2O2S. The first-order chi connectivity index (χ1) is 5.41. The fourth-order valence-corrected chi connectivity index (χ4v) is 1.92. The minimum absolute atomic E-state index is 0.215. The second-order valence-electron chi connectivity index (χ2n) is 2.84. The highest BCUT2D eigenvalue weighted by Crippen LogP contribution is 2.12. The number of sulfonamides is 1. The van der Waals surface area contributed by atoms with Crippen LogP contribution >= 0.6 is 0 Å². The van der Waals surface area contributed by atoms with Gasteiger partial charge in [0.05, 0.1) is 6.26 Å². The van der Waals surface area contributed by atoms with Crippen molar-refractivity contribution in [1.29, 1.82) is 0 Å². The van der Waals surface area contributed by atoms with Crippen LogP contribution in [0.15, 0.2) is 16.8 Å². The van der Waals surface area contributed by atoms with Crippen molar-refractivity contribution >= 4 is 15.7 Å². The van der Waals surface area contributed by atoms with Crippen molar-refractivity contribution in [2.45, 2.75) is 13.8 Å². The standard InChI is InChI=1S/C7H12N2O2S/c1-6-4-7(2)9(5-8-6)12(3,10)11/h4H,5H2,1-3H3. The molecular weight excluding hydrogens is 176 g/mol. The molecule has 0 saturated heterocycles. The molecule has 1 heterocycles. The number of aliphatic imine (C=N–C) groups is 1. The minimum atomic E-state index is -3.14. The van der Waals surface area contributed by atoms with E-state index >= 15 is 0 Å². The first-order valence-corrected chi connectivity index (χ1v) is 5.43. The lowest BCUT2D eigenvalue weighted by Gasteiger charge is -2.23. The monoisotopic (exact) mass is 188 g/mol. The van der Waals surface area contributed by atoms with E-state index in [0.717, 1.165) is 11.4 Å². The Balaban J connectivity index is 2.97. The maximum Gasteiger partial charge on any atom is 0.233 e. The normalized spacial score (nSPS) is 18.8. The highest BCUT2D eigenvalue weighted by Gasteiger charge is 2.18. The Morgan fingerprint density at radius 3 is 2.50 bits per heavy atom. The van der Waals surface area contributed by atoms with Gasteiger partial charge in [-0.2, -0.15) is 0 Å². The minimum Gasteiger partial charge on any atom is -0.267 e. The number of nitrogens with zero attached hydrogens (tertiary/aromatic N) is 2. The number of allylic oxidation sites excluding steroid dienone is 2. The fourth-order valence-electron chi connectivity index (χ4n) is 1.07. The molecule has 0 amide bonds. The lowest BCUT2D eigenvalue weighted by molar-refractivity contribution is 0.487. The van der Waals surface area contributed by atoms with Crippen LogP contribution in [0.4, 0.5) is 0 Å². The number of rotatable bonds is 1. The highest BCUT2D eigenvalue weighted by molar-refractivity contribution is 7.88. The van der Waals surface area contributed by atoms with Gasteiger partial charge in [-0.25, -0.2) is 8.42 Å². The van der Waals surface area contributed by atoms with E-state index in [1.54, 1.807) is 13.0 Å². The van der Waals surface area contributed by atoms with Crippen LogP contribution in [0, 0.1) is 0 Å². The Hall–Kier alpha value is -0.840. The van der Waals surface area contributed by atoms with Crippen LogP contribution in [0.25, 0.3) is 0 Å². The van der Waals surface area contributed by atoms with Crippen LogP contribution in [0.1, 0.15) is 13.8 Å². The molecule has 0 spiro atoms. The summed E-state index contributed by atoms with van der Waals surface area (Å²) in [6.07, 6.45) is 2.94. The summed E-state index contributed by atoms with van der Waals surface area (Å²) in [5, 5.41) is 0. The van der Waals surface area contributed by atoms with E-state index in [1.807, 2.05) is 6.92 Å². The Kier molecular flexibility index (Phi) is 2.23. The van der Waals surface area contributed by atoms with Crippen LogP contribution in [0.3, 0.4) is 0 Å². The smallest absolute Gasteiger partial charge is 0.233 e. The summed E-state index contributed by atoms with van der Waals surface area (Å²) in [4.78, 5) is 4.02. The lowest BCUT2D eigenvalue weighted by Crippen LogP contribution is -2.31. The van der Waals surface area contributed by atoms with E-state index in [4.69, 9.17) is 0 Å². The molecule has 0 aliphatic carbocycles. The van der Waals surface area contributed by atoms with Gasteiger partial charge in [0.2, 0.25) is 10.0 Å². The third-order valence-electron chi connectivity index (χ3n) is 1.66. The molecule has 0 aromatic rings. The van der Waals surface area contributed by atoms with Gasteiger partial charge in [-0.05, 0) is 19.9 Å². The zero-order valence-electron chi connectivity index (χ0n) is 7.40. The van der Waals surface area contributed by atoms with Crippen molar-refractivity contribution in [2.24, 2.45) is 4.99 Å². The van der Waals surface area contributed by atoms with Crippen molar-refractivity contribution in [2.75, 3.05) is 12.9 Å². The molecule has 0 atom stereocenters. The summed E-state index contributed by atoms with van der Waals surface area (Å²) in [6.45, 7) is 3.83. The molecule has 0 saturated carbocycles. The fraction of sp³-hybridized carbons (Fsp3) is 0.571. The van der Waals surface area contributed by atoms with Gasteiger partial charge in [0, 0.05) is 11.4 Å². The third-order valence-corrected chi connectivity index (χ3v) is 2.86. The zero-order chi connectivity index (χ0) is 9.35. The molecule has 0 fully saturated rings. The van der Waals surface area contributed by atoms with Gasteiger partial charge in [0.25, 0.3) is 0 Å². The lowest BCUT2D eigenvalue weighted by atomic mass is 10.3. The van der Waals surface area contributed by atoms with Crippen LogP contribution in [-0.4, -0.2) is 31.4 Å². The summed E-state index contributed by atoms with van der Waals surface area (Å²) in [7, 11) is -3.14. The largest absolute Gasteiger partial charge is 0.267 e. The number of hydrogen-bond donors (Lipinski definition) is 0. The molecule has 0 aromatic heterocycles. The second kappa shape index (κ2) is 2.90. The molecule has 0 aromatic carbocycles. The first-order valence-electron chi connectivity index (χ1n) is 3.58. The molecule has 12 heavy (non-hydrogen) atoms. The van der Waals surface area contributed by atoms with Gasteiger partial charge in [-0.15, -0.1) is 0 Å². The molecule has 1 aliphatic rings. The average molecular weight is 188 g/mol. The summed E-state index contributed by atoms with van der Waals surface area (Å²) in [5.41, 5.74) is 1.59. The van der Waals surface area contributed by atoms with Gasteiger partial charge < -0.3 is 0 Å². The van der Waals surface area contributed by atoms with Crippen molar-refractivity contribution in [3.8, 4) is 0 Å². The maximum atomic E-state index is 11.1. The summed E-state index contributed by atoms with van der Waals surface area (Å²) >= 11 is 0. The molecule has 1 rings (SSSR count). The molecule has 5 heteroatoms. The van der Waals surface area contributed by atoms with Crippen LogP contribution < -0.4 is 0 Å². The van der Waals surface area contributed by atoms with E-state index < -0.39 is 10.0 Å². The Bertz CT molecular complexity index is 340. The van der Waals surface area contributed by atoms with E-state index in [-0.39, 0.29) is 6.67 Å². The summed E-state index contributed by atoms with van der Waals surface area (Å²) in [5.74, 6) is 0. The van der Waals surface area contributed by atoms with Gasteiger partial charge >= 0.3 is 0 Å². The second-order valence-corrected chi connectivity index (χ2v) is 4.74. The average Bonchev–Trinajstić information content (AvgIpc) is 1.83. The molecule has 0 unspecified atom stereocenters. The maximum absolute atomic E-state index is 11.1. The molecule has 0 N–H and O–H groups in total. The number of hydrogen-bond acceptors (Lipinski definition) is 3. The molecule has 0 bridgehead atoms. The van der Waals surface area contributed by atoms with E-state index in [2.05, 4.69) is 4.99 Å².